The molecule has 30 heavy (non-hydrogen) atoms. The zero-order valence-electron chi connectivity index (χ0n) is 16.6. The molecule has 0 radical (unpaired) electrons. The van der Waals surface area contributed by atoms with E-state index in [1.165, 1.54) is 19.5 Å². The van der Waals surface area contributed by atoms with Crippen molar-refractivity contribution in [3.05, 3.63) is 48.0 Å². The van der Waals surface area contributed by atoms with Crippen molar-refractivity contribution in [2.75, 3.05) is 6.61 Å². The lowest BCUT2D eigenvalue weighted by molar-refractivity contribution is -0.284. The van der Waals surface area contributed by atoms with Crippen LogP contribution in [0, 0.1) is 16.7 Å². The SMILES string of the molecule is C=C1C[C@H]2OC(=O)C3=C[C@@H](O)CC4C1(C[C@H](OC(C)=O)c1ccoc1)[C@H](O)OC[C@]342. The minimum Gasteiger partial charge on any atom is -0.472 e. The number of hydrogen-bond donors (Lipinski definition) is 2. The van der Waals surface area contributed by atoms with Crippen molar-refractivity contribution in [3.63, 3.8) is 0 Å². The summed E-state index contributed by atoms with van der Waals surface area (Å²) < 4.78 is 22.3. The monoisotopic (exact) mass is 416 g/mol. The fourth-order valence-electron chi connectivity index (χ4n) is 6.13. The van der Waals surface area contributed by atoms with E-state index >= 15 is 0 Å². The highest BCUT2D eigenvalue weighted by Crippen LogP contribution is 2.69. The molecule has 1 saturated carbocycles. The van der Waals surface area contributed by atoms with Gasteiger partial charge in [-0.2, -0.15) is 0 Å². The van der Waals surface area contributed by atoms with Gasteiger partial charge in [0.2, 0.25) is 0 Å². The minimum atomic E-state index is -1.23. The van der Waals surface area contributed by atoms with E-state index in [0.717, 1.165) is 0 Å². The maximum Gasteiger partial charge on any atom is 0.334 e. The summed E-state index contributed by atoms with van der Waals surface area (Å²) >= 11 is 0. The van der Waals surface area contributed by atoms with Gasteiger partial charge < -0.3 is 28.8 Å². The highest BCUT2D eigenvalue weighted by molar-refractivity contribution is 5.93. The highest BCUT2D eigenvalue weighted by atomic mass is 16.6. The second-order valence-electron chi connectivity index (χ2n) is 8.74. The first-order valence-electron chi connectivity index (χ1n) is 10.1. The van der Waals surface area contributed by atoms with E-state index in [4.69, 9.17) is 18.6 Å². The summed E-state index contributed by atoms with van der Waals surface area (Å²) in [6.07, 6.45) is 2.14. The maximum absolute atomic E-state index is 12.6. The minimum absolute atomic E-state index is 0.118. The van der Waals surface area contributed by atoms with E-state index in [1.807, 2.05) is 0 Å². The average Bonchev–Trinajstić information content (AvgIpc) is 3.29. The van der Waals surface area contributed by atoms with Crippen molar-refractivity contribution in [2.45, 2.75) is 50.8 Å². The quantitative estimate of drug-likeness (QED) is 0.564. The van der Waals surface area contributed by atoms with Gasteiger partial charge in [0.15, 0.2) is 6.29 Å². The third-order valence-corrected chi connectivity index (χ3v) is 7.38. The second kappa shape index (κ2) is 6.54. The maximum atomic E-state index is 12.6. The van der Waals surface area contributed by atoms with E-state index in [9.17, 15) is 19.8 Å². The van der Waals surface area contributed by atoms with Gasteiger partial charge in [-0.05, 0) is 24.5 Å². The van der Waals surface area contributed by atoms with Crippen LogP contribution in [-0.2, 0) is 23.8 Å². The smallest absolute Gasteiger partial charge is 0.334 e. The molecule has 0 amide bonds. The Morgan fingerprint density at radius 3 is 2.93 bits per heavy atom. The van der Waals surface area contributed by atoms with Gasteiger partial charge in [0.25, 0.3) is 0 Å². The number of hydrogen-bond acceptors (Lipinski definition) is 8. The first-order valence-corrected chi connectivity index (χ1v) is 10.1. The molecule has 8 nitrogen and oxygen atoms in total. The number of esters is 2. The second-order valence-corrected chi connectivity index (χ2v) is 8.74. The number of carbonyl (C=O) groups excluding carboxylic acids is 2. The number of rotatable bonds is 4. The first kappa shape index (κ1) is 19.5. The van der Waals surface area contributed by atoms with Crippen LogP contribution in [0.2, 0.25) is 0 Å². The Kier molecular flexibility index (Phi) is 4.26. The molecule has 1 aromatic heterocycles. The van der Waals surface area contributed by atoms with E-state index < -0.39 is 47.4 Å². The van der Waals surface area contributed by atoms with Crippen LogP contribution >= 0.6 is 0 Å². The number of aliphatic hydroxyl groups is 2. The van der Waals surface area contributed by atoms with E-state index in [1.54, 1.807) is 12.1 Å². The molecule has 2 saturated heterocycles. The Bertz CT molecular complexity index is 933. The summed E-state index contributed by atoms with van der Waals surface area (Å²) in [5.74, 6) is -1.30. The van der Waals surface area contributed by atoms with Gasteiger partial charge in [-0.25, -0.2) is 4.79 Å². The summed E-state index contributed by atoms with van der Waals surface area (Å²) in [7, 11) is 0. The molecular formula is C22H24O8. The molecule has 3 fully saturated rings. The summed E-state index contributed by atoms with van der Waals surface area (Å²) in [4.78, 5) is 24.4. The molecule has 2 aliphatic carbocycles. The largest absolute Gasteiger partial charge is 0.472 e. The van der Waals surface area contributed by atoms with Gasteiger partial charge in [-0.3, -0.25) is 4.79 Å². The standard InChI is InChI=1S/C22H24O8/c1-11-5-18-22-10-28-20(26)21(11,8-16(29-12(2)23)13-3-4-27-9-13)17(22)7-14(24)6-15(22)19(25)30-18/h3-4,6,9,14,16-18,20,24,26H,1,5,7-8,10H2,2H3/t14-,16+,17?,18-,20-,21?,22+/m1/s1. The molecule has 3 heterocycles. The first-order chi connectivity index (χ1) is 14.3. The van der Waals surface area contributed by atoms with E-state index in [0.29, 0.717) is 29.6 Å². The molecule has 2 unspecified atom stereocenters. The van der Waals surface area contributed by atoms with Crippen LogP contribution in [0.1, 0.15) is 37.9 Å². The lowest BCUT2D eigenvalue weighted by Gasteiger charge is -2.62. The van der Waals surface area contributed by atoms with Crippen molar-refractivity contribution in [1.82, 2.24) is 0 Å². The van der Waals surface area contributed by atoms with Crippen LogP contribution < -0.4 is 0 Å². The van der Waals surface area contributed by atoms with Gasteiger partial charge >= 0.3 is 11.9 Å². The van der Waals surface area contributed by atoms with Crippen molar-refractivity contribution < 1.29 is 38.4 Å². The number of aliphatic hydroxyl groups excluding tert-OH is 2. The van der Waals surface area contributed by atoms with Crippen LogP contribution in [0.4, 0.5) is 0 Å². The van der Waals surface area contributed by atoms with Crippen LogP contribution in [0.3, 0.4) is 0 Å². The lowest BCUT2D eigenvalue weighted by Crippen LogP contribution is -2.66. The van der Waals surface area contributed by atoms with Gasteiger partial charge in [0.1, 0.15) is 12.2 Å². The normalized spacial score (nSPS) is 40.3. The van der Waals surface area contributed by atoms with Crippen molar-refractivity contribution >= 4 is 11.9 Å². The van der Waals surface area contributed by atoms with Crippen molar-refractivity contribution in [1.29, 1.82) is 0 Å². The van der Waals surface area contributed by atoms with E-state index in [2.05, 4.69) is 6.58 Å². The molecule has 160 valence electrons. The van der Waals surface area contributed by atoms with Crippen LogP contribution in [-0.4, -0.2) is 47.3 Å². The van der Waals surface area contributed by atoms with Crippen LogP contribution in [0.5, 0.6) is 0 Å². The predicted molar refractivity (Wildman–Crippen MR) is 100 cm³/mol. The fraction of sp³-hybridized carbons (Fsp3) is 0.545. The van der Waals surface area contributed by atoms with Crippen LogP contribution in [0.15, 0.2) is 46.8 Å². The molecule has 4 aliphatic rings. The molecule has 8 heteroatoms. The van der Waals surface area contributed by atoms with Crippen molar-refractivity contribution in [3.8, 4) is 0 Å². The van der Waals surface area contributed by atoms with Crippen molar-refractivity contribution in [2.24, 2.45) is 16.7 Å². The zero-order chi connectivity index (χ0) is 21.3. The predicted octanol–water partition coefficient (Wildman–Crippen LogP) is 1.79. The Hall–Kier alpha value is -2.42. The summed E-state index contributed by atoms with van der Waals surface area (Å²) in [6, 6.07) is 1.70. The highest BCUT2D eigenvalue weighted by Gasteiger charge is 2.72. The Morgan fingerprint density at radius 1 is 1.43 bits per heavy atom. The Morgan fingerprint density at radius 2 is 2.23 bits per heavy atom. The van der Waals surface area contributed by atoms with Gasteiger partial charge in [0, 0.05) is 36.3 Å². The van der Waals surface area contributed by atoms with E-state index in [-0.39, 0.29) is 18.9 Å². The van der Waals surface area contributed by atoms with Crippen LogP contribution in [0.25, 0.3) is 0 Å². The Balaban J connectivity index is 1.64. The third kappa shape index (κ3) is 2.44. The zero-order valence-corrected chi connectivity index (χ0v) is 16.6. The summed E-state index contributed by atoms with van der Waals surface area (Å²) in [5.41, 5.74) is -0.0993. The summed E-state index contributed by atoms with van der Waals surface area (Å²) in [5, 5.41) is 21.7. The van der Waals surface area contributed by atoms with Gasteiger partial charge in [-0.15, -0.1) is 0 Å². The molecule has 2 N–H and O–H groups in total. The molecule has 1 spiro atoms. The van der Waals surface area contributed by atoms with Gasteiger partial charge in [-0.1, -0.05) is 12.2 Å². The fourth-order valence-corrected chi connectivity index (χ4v) is 6.13. The molecule has 2 aliphatic heterocycles. The Labute approximate surface area is 173 Å². The lowest BCUT2D eigenvalue weighted by atomic mass is 9.45. The molecule has 2 bridgehead atoms. The average molecular weight is 416 g/mol. The molecular weight excluding hydrogens is 392 g/mol. The number of furan rings is 1. The number of carbonyl (C=O) groups is 2. The molecule has 1 aromatic rings. The third-order valence-electron chi connectivity index (χ3n) is 7.38. The summed E-state index contributed by atoms with van der Waals surface area (Å²) in [6.45, 7) is 5.67. The molecule has 7 atom stereocenters. The molecule has 0 aromatic carbocycles. The van der Waals surface area contributed by atoms with Gasteiger partial charge in [0.05, 0.1) is 30.7 Å². The topological polar surface area (TPSA) is 115 Å². The molecule has 5 rings (SSSR count). The number of ether oxygens (including phenoxy) is 3.